The lowest BCUT2D eigenvalue weighted by Gasteiger charge is -1.99. The van der Waals surface area contributed by atoms with Crippen molar-refractivity contribution in [3.63, 3.8) is 0 Å². The monoisotopic (exact) mass is 339 g/mol. The number of esters is 1. The number of nitrogens with zero attached hydrogens (tertiary/aromatic N) is 2. The molecule has 1 N–H and O–H groups in total. The van der Waals surface area contributed by atoms with E-state index in [0.29, 0.717) is 23.9 Å². The van der Waals surface area contributed by atoms with Crippen LogP contribution >= 0.6 is 23.1 Å². The maximum atomic E-state index is 11.5. The quantitative estimate of drug-likeness (QED) is 0.642. The van der Waals surface area contributed by atoms with E-state index in [0.717, 1.165) is 14.9 Å². The topological polar surface area (TPSA) is 84.9 Å². The molecular weight excluding hydrogens is 322 g/mol. The highest BCUT2D eigenvalue weighted by Crippen LogP contribution is 2.29. The number of carbonyl (C=O) groups is 1. The first-order chi connectivity index (χ1) is 10.5. The Morgan fingerprint density at radius 2 is 2.18 bits per heavy atom. The van der Waals surface area contributed by atoms with E-state index in [2.05, 4.69) is 15.0 Å². The van der Waals surface area contributed by atoms with Crippen LogP contribution in [0.5, 0.6) is 0 Å². The van der Waals surface area contributed by atoms with E-state index in [1.165, 1.54) is 29.2 Å². The van der Waals surface area contributed by atoms with Crippen LogP contribution in [0.1, 0.15) is 29.0 Å². The average molecular weight is 339 g/mol. The Morgan fingerprint density at radius 3 is 2.86 bits per heavy atom. The third-order valence-corrected chi connectivity index (χ3v) is 5.07. The molecule has 0 amide bonds. The summed E-state index contributed by atoms with van der Waals surface area (Å²) in [5.41, 5.74) is 1.41. The van der Waals surface area contributed by atoms with Crippen LogP contribution in [-0.4, -0.2) is 27.5 Å². The molecular formula is C14H17N3O3S2. The second-order valence-corrected chi connectivity index (χ2v) is 6.89. The van der Waals surface area contributed by atoms with Crippen molar-refractivity contribution in [1.82, 2.24) is 15.0 Å². The fourth-order valence-electron chi connectivity index (χ4n) is 1.82. The second kappa shape index (κ2) is 7.55. The van der Waals surface area contributed by atoms with Gasteiger partial charge in [0, 0.05) is 16.7 Å². The number of H-pyrrole nitrogens is 1. The van der Waals surface area contributed by atoms with Gasteiger partial charge in [0.1, 0.15) is 5.82 Å². The summed E-state index contributed by atoms with van der Waals surface area (Å²) in [4.78, 5) is 35.2. The molecule has 0 aliphatic rings. The van der Waals surface area contributed by atoms with Crippen LogP contribution in [0.4, 0.5) is 0 Å². The molecule has 0 spiro atoms. The molecule has 2 heterocycles. The van der Waals surface area contributed by atoms with E-state index in [4.69, 9.17) is 4.74 Å². The molecule has 2 aromatic heterocycles. The van der Waals surface area contributed by atoms with Crippen molar-refractivity contribution in [1.29, 1.82) is 0 Å². The van der Waals surface area contributed by atoms with Crippen LogP contribution in [0.15, 0.2) is 15.2 Å². The summed E-state index contributed by atoms with van der Waals surface area (Å²) >= 11 is 2.99. The van der Waals surface area contributed by atoms with E-state index >= 15 is 0 Å². The van der Waals surface area contributed by atoms with Crippen LogP contribution in [-0.2, 0) is 21.7 Å². The lowest BCUT2D eigenvalue weighted by atomic mass is 10.3. The number of aromatic amines is 1. The minimum atomic E-state index is -0.238. The summed E-state index contributed by atoms with van der Waals surface area (Å²) in [7, 11) is 0. The number of rotatable bonds is 6. The zero-order chi connectivity index (χ0) is 16.1. The fourth-order valence-corrected chi connectivity index (χ4v) is 3.93. The molecule has 0 saturated heterocycles. The van der Waals surface area contributed by atoms with Gasteiger partial charge in [-0.2, -0.15) is 0 Å². The van der Waals surface area contributed by atoms with Crippen molar-refractivity contribution in [2.75, 3.05) is 6.61 Å². The molecule has 0 aliphatic carbocycles. The van der Waals surface area contributed by atoms with Crippen LogP contribution in [0.25, 0.3) is 0 Å². The van der Waals surface area contributed by atoms with Crippen molar-refractivity contribution < 1.29 is 9.53 Å². The van der Waals surface area contributed by atoms with E-state index in [1.54, 1.807) is 13.8 Å². The predicted octanol–water partition coefficient (Wildman–Crippen LogP) is 2.24. The van der Waals surface area contributed by atoms with Gasteiger partial charge in [-0.05, 0) is 20.8 Å². The number of hydrogen-bond acceptors (Lipinski definition) is 7. The molecule has 0 aromatic carbocycles. The van der Waals surface area contributed by atoms with Crippen molar-refractivity contribution in [3.05, 3.63) is 38.5 Å². The first-order valence-corrected chi connectivity index (χ1v) is 8.59. The molecule has 0 atom stereocenters. The summed E-state index contributed by atoms with van der Waals surface area (Å²) in [6.45, 7) is 5.80. The number of carbonyl (C=O) groups excluding carboxylic acids is 1. The van der Waals surface area contributed by atoms with Crippen molar-refractivity contribution in [2.45, 2.75) is 37.3 Å². The van der Waals surface area contributed by atoms with Gasteiger partial charge in [0.05, 0.1) is 24.4 Å². The summed E-state index contributed by atoms with van der Waals surface area (Å²) in [5, 5.41) is 0. The molecule has 2 rings (SSSR count). The molecule has 6 nitrogen and oxygen atoms in total. The van der Waals surface area contributed by atoms with Gasteiger partial charge in [0.15, 0.2) is 4.34 Å². The molecule has 0 saturated carbocycles. The smallest absolute Gasteiger partial charge is 0.311 e. The number of aromatic nitrogens is 3. The Labute approximate surface area is 136 Å². The van der Waals surface area contributed by atoms with Crippen LogP contribution < -0.4 is 5.56 Å². The average Bonchev–Trinajstić information content (AvgIpc) is 2.76. The van der Waals surface area contributed by atoms with Gasteiger partial charge < -0.3 is 9.72 Å². The molecule has 8 heteroatoms. The predicted molar refractivity (Wildman–Crippen MR) is 86.3 cm³/mol. The lowest BCUT2D eigenvalue weighted by Crippen LogP contribution is -2.09. The first kappa shape index (κ1) is 16.7. The first-order valence-electron chi connectivity index (χ1n) is 6.79. The van der Waals surface area contributed by atoms with E-state index in [9.17, 15) is 9.59 Å². The highest BCUT2D eigenvalue weighted by Gasteiger charge is 2.13. The van der Waals surface area contributed by atoms with Gasteiger partial charge in [0.25, 0.3) is 5.56 Å². The second-order valence-electron chi connectivity index (χ2n) is 4.58. The maximum Gasteiger partial charge on any atom is 0.311 e. The van der Waals surface area contributed by atoms with Gasteiger partial charge >= 0.3 is 5.97 Å². The highest BCUT2D eigenvalue weighted by atomic mass is 32.2. The molecule has 2 aromatic rings. The van der Waals surface area contributed by atoms with Crippen LogP contribution in [0, 0.1) is 13.8 Å². The third kappa shape index (κ3) is 4.67. The number of ether oxygens (including phenoxy) is 1. The number of hydrogen-bond donors (Lipinski definition) is 1. The zero-order valence-corrected chi connectivity index (χ0v) is 14.3. The number of thiazole rings is 1. The lowest BCUT2D eigenvalue weighted by molar-refractivity contribution is -0.142. The largest absolute Gasteiger partial charge is 0.466 e. The third-order valence-electron chi connectivity index (χ3n) is 2.74. The van der Waals surface area contributed by atoms with Crippen LogP contribution in [0.2, 0.25) is 0 Å². The Balaban J connectivity index is 2.01. The van der Waals surface area contributed by atoms with Gasteiger partial charge in [-0.25, -0.2) is 9.97 Å². The number of nitrogens with one attached hydrogen (secondary N) is 1. The van der Waals surface area contributed by atoms with Crippen molar-refractivity contribution >= 4 is 29.1 Å². The van der Waals surface area contributed by atoms with Crippen molar-refractivity contribution in [2.24, 2.45) is 0 Å². The summed E-state index contributed by atoms with van der Waals surface area (Å²) in [6.07, 6.45) is 0.250. The Bertz CT molecular complexity index is 724. The molecule has 0 radical (unpaired) electrons. The molecule has 0 fully saturated rings. The SMILES string of the molecule is CCOC(=O)Cc1sc(SCc2cc(=O)[nH]c(C)n2)nc1C. The van der Waals surface area contributed by atoms with E-state index in [1.807, 2.05) is 6.92 Å². The van der Waals surface area contributed by atoms with Gasteiger partial charge in [0.2, 0.25) is 0 Å². The standard InChI is InChI=1S/C14H17N3O3S2/c1-4-20-13(19)6-11-8(2)15-14(22-11)21-7-10-5-12(18)17-9(3)16-10/h5H,4,6-7H2,1-3H3,(H,16,17,18). The Kier molecular flexibility index (Phi) is 5.73. The zero-order valence-electron chi connectivity index (χ0n) is 12.6. The normalized spacial score (nSPS) is 10.7. The van der Waals surface area contributed by atoms with Gasteiger partial charge in [-0.15, -0.1) is 11.3 Å². The summed E-state index contributed by atoms with van der Waals surface area (Å²) in [6, 6.07) is 1.49. The Morgan fingerprint density at radius 1 is 1.41 bits per heavy atom. The molecule has 22 heavy (non-hydrogen) atoms. The highest BCUT2D eigenvalue weighted by molar-refractivity contribution is 8.00. The maximum absolute atomic E-state index is 11.5. The Hall–Kier alpha value is -1.67. The number of aryl methyl sites for hydroxylation is 2. The molecule has 0 aliphatic heterocycles. The van der Waals surface area contributed by atoms with Gasteiger partial charge in [-0.1, -0.05) is 11.8 Å². The molecule has 118 valence electrons. The minimum Gasteiger partial charge on any atom is -0.466 e. The minimum absolute atomic E-state index is 0.151. The summed E-state index contributed by atoms with van der Waals surface area (Å²) < 4.78 is 5.81. The fraction of sp³-hybridized carbons (Fsp3) is 0.429. The molecule has 0 unspecified atom stereocenters. The van der Waals surface area contributed by atoms with E-state index < -0.39 is 0 Å². The summed E-state index contributed by atoms with van der Waals surface area (Å²) in [5.74, 6) is 0.926. The molecule has 0 bridgehead atoms. The van der Waals surface area contributed by atoms with E-state index in [-0.39, 0.29) is 17.9 Å². The van der Waals surface area contributed by atoms with Crippen molar-refractivity contribution in [3.8, 4) is 0 Å². The van der Waals surface area contributed by atoms with Crippen LogP contribution in [0.3, 0.4) is 0 Å². The van der Waals surface area contributed by atoms with Gasteiger partial charge in [-0.3, -0.25) is 9.59 Å². The number of thioether (sulfide) groups is 1.